The van der Waals surface area contributed by atoms with Crippen LogP contribution in [0.15, 0.2) is 77.2 Å². The fourth-order valence-corrected chi connectivity index (χ4v) is 9.71. The lowest BCUT2D eigenvalue weighted by atomic mass is 9.70. The highest BCUT2D eigenvalue weighted by atomic mass is 16.6. The lowest BCUT2D eigenvalue weighted by Crippen LogP contribution is -2.58. The van der Waals surface area contributed by atoms with Crippen LogP contribution in [-0.4, -0.2) is 71.2 Å². The molecule has 248 valence electrons. The van der Waals surface area contributed by atoms with E-state index >= 15 is 0 Å². The quantitative estimate of drug-likeness (QED) is 0.271. The van der Waals surface area contributed by atoms with Gasteiger partial charge < -0.3 is 29.5 Å². The third-order valence-electron chi connectivity index (χ3n) is 11.8. The molecule has 0 radical (unpaired) electrons. The number of ether oxygens (including phenoxy) is 3. The van der Waals surface area contributed by atoms with Crippen LogP contribution in [0, 0.1) is 35.5 Å². The van der Waals surface area contributed by atoms with Gasteiger partial charge in [-0.05, 0) is 67.9 Å². The number of allylic oxidation sites excluding steroid dienone is 1. The first-order valence-corrected chi connectivity index (χ1v) is 17.5. The number of hydrogen-bond donors (Lipinski definition) is 3. The molecule has 1 aromatic carbocycles. The maximum absolute atomic E-state index is 12.6. The molecule has 2 aliphatic carbocycles. The van der Waals surface area contributed by atoms with Gasteiger partial charge in [-0.25, -0.2) is 4.79 Å². The minimum atomic E-state index is -0.662. The molecule has 2 saturated heterocycles. The van der Waals surface area contributed by atoms with Gasteiger partial charge in [-0.2, -0.15) is 0 Å². The van der Waals surface area contributed by atoms with Gasteiger partial charge in [0.1, 0.15) is 11.3 Å². The van der Waals surface area contributed by atoms with Crippen molar-refractivity contribution < 1.29 is 34.3 Å². The van der Waals surface area contributed by atoms with Crippen molar-refractivity contribution in [1.82, 2.24) is 4.90 Å². The standard InChI is InChI=1S/C38H49NO7/c1-44-35-29(22-41)38(43)46-37(35)36-28(21-40)33-30-18-24(17-23-9-3-2-4-10-23)19-31(39(30)16-8-15-32(33)45-36)34(42)27-14-7-13-26(20-27)25-11-5-6-12-25/h2-4,7,9-10,14-15,24-28,30-31,33-34,40-42H,5-6,8,11-13,16-22H2,1H3/t24-,26+,27+,28-,30-,31-,33+,34-/m0/s1. The normalized spacial score (nSPS) is 35.7. The van der Waals surface area contributed by atoms with Crippen LogP contribution in [0.25, 0.3) is 0 Å². The predicted molar refractivity (Wildman–Crippen MR) is 173 cm³/mol. The minimum Gasteiger partial charge on any atom is -0.492 e. The van der Waals surface area contributed by atoms with E-state index in [0.29, 0.717) is 17.6 Å². The van der Waals surface area contributed by atoms with Crippen LogP contribution in [0.1, 0.15) is 63.4 Å². The molecule has 1 aromatic rings. The van der Waals surface area contributed by atoms with E-state index in [1.165, 1.54) is 38.4 Å². The molecule has 46 heavy (non-hydrogen) atoms. The average molecular weight is 632 g/mol. The smallest absolute Gasteiger partial charge is 0.345 e. The maximum Gasteiger partial charge on any atom is 0.345 e. The number of nitrogens with zero attached hydrogens (tertiary/aromatic N) is 1. The number of cyclic esters (lactones) is 1. The monoisotopic (exact) mass is 631 g/mol. The van der Waals surface area contributed by atoms with Gasteiger partial charge in [0, 0.05) is 30.5 Å². The Morgan fingerprint density at radius 1 is 1.04 bits per heavy atom. The Morgan fingerprint density at radius 2 is 1.85 bits per heavy atom. The van der Waals surface area contributed by atoms with Crippen molar-refractivity contribution in [3.05, 3.63) is 82.7 Å². The van der Waals surface area contributed by atoms with E-state index in [9.17, 15) is 20.1 Å². The third-order valence-corrected chi connectivity index (χ3v) is 11.8. The molecule has 7 rings (SSSR count). The number of fused-ring (bicyclic) bond motifs is 3. The number of carbonyl (C=O) groups is 1. The summed E-state index contributed by atoms with van der Waals surface area (Å²) in [5.41, 5.74) is 1.35. The summed E-state index contributed by atoms with van der Waals surface area (Å²) in [6.07, 6.45) is 17.3. The first-order valence-electron chi connectivity index (χ1n) is 17.5. The minimum absolute atomic E-state index is 0.0204. The van der Waals surface area contributed by atoms with Gasteiger partial charge in [0.2, 0.25) is 5.76 Å². The number of rotatable bonds is 8. The number of aliphatic hydroxyl groups is 3. The summed E-state index contributed by atoms with van der Waals surface area (Å²) >= 11 is 0. The Morgan fingerprint density at radius 3 is 2.59 bits per heavy atom. The van der Waals surface area contributed by atoms with E-state index in [2.05, 4.69) is 53.5 Å². The van der Waals surface area contributed by atoms with Gasteiger partial charge >= 0.3 is 5.97 Å². The molecule has 8 nitrogen and oxygen atoms in total. The van der Waals surface area contributed by atoms with Gasteiger partial charge in [-0.15, -0.1) is 0 Å². The molecular formula is C38H49NO7. The van der Waals surface area contributed by atoms with Crippen LogP contribution in [0.3, 0.4) is 0 Å². The van der Waals surface area contributed by atoms with E-state index in [0.717, 1.165) is 56.7 Å². The number of benzene rings is 1. The first kappa shape index (κ1) is 31.7. The highest BCUT2D eigenvalue weighted by Crippen LogP contribution is 2.51. The molecule has 6 aliphatic rings. The van der Waals surface area contributed by atoms with Gasteiger partial charge in [0.05, 0.1) is 32.3 Å². The predicted octanol–water partition coefficient (Wildman–Crippen LogP) is 5.02. The average Bonchev–Trinajstić information content (AvgIpc) is 3.80. The third kappa shape index (κ3) is 5.87. The molecule has 8 atom stereocenters. The van der Waals surface area contributed by atoms with E-state index in [-0.39, 0.29) is 47.6 Å². The van der Waals surface area contributed by atoms with Crippen LogP contribution in [0.2, 0.25) is 0 Å². The maximum atomic E-state index is 12.6. The highest BCUT2D eigenvalue weighted by Gasteiger charge is 2.53. The first-order chi connectivity index (χ1) is 22.5. The van der Waals surface area contributed by atoms with E-state index < -0.39 is 24.6 Å². The summed E-state index contributed by atoms with van der Waals surface area (Å²) in [7, 11) is 1.44. The number of methoxy groups -OCH3 is 1. The molecule has 0 spiro atoms. The number of esters is 1. The molecule has 0 aromatic heterocycles. The summed E-state index contributed by atoms with van der Waals surface area (Å²) < 4.78 is 17.6. The second-order valence-corrected chi connectivity index (χ2v) is 14.3. The van der Waals surface area contributed by atoms with Crippen molar-refractivity contribution in [3.63, 3.8) is 0 Å². The van der Waals surface area contributed by atoms with Crippen LogP contribution in [0.4, 0.5) is 0 Å². The number of aliphatic hydroxyl groups excluding tert-OH is 3. The van der Waals surface area contributed by atoms with Crippen LogP contribution in [-0.2, 0) is 25.4 Å². The van der Waals surface area contributed by atoms with Crippen molar-refractivity contribution >= 4 is 5.97 Å². The Kier molecular flexibility index (Phi) is 9.42. The molecule has 3 N–H and O–H groups in total. The number of piperidine rings is 1. The van der Waals surface area contributed by atoms with Crippen molar-refractivity contribution in [3.8, 4) is 0 Å². The number of carbonyl (C=O) groups excluding carboxylic acids is 1. The zero-order chi connectivity index (χ0) is 31.8. The summed E-state index contributed by atoms with van der Waals surface area (Å²) in [5.74, 6) is 2.09. The fourth-order valence-electron chi connectivity index (χ4n) is 9.71. The molecule has 1 saturated carbocycles. The molecule has 0 bridgehead atoms. The Bertz CT molecular complexity index is 1390. The van der Waals surface area contributed by atoms with Crippen LogP contribution < -0.4 is 0 Å². The highest BCUT2D eigenvalue weighted by molar-refractivity contribution is 5.94. The SMILES string of the molecule is COC1=C(CO)C(=O)OC1=C1OC2=CCCN3[C@H]([C@@H](O)[C@@H]4C=CC[C@@H](C5CCCC5)C4)C[C@@H](Cc4ccccc4)C[C@H]3[C@H]2[C@@H]1CO. The lowest BCUT2D eigenvalue weighted by Gasteiger charge is -2.50. The van der Waals surface area contributed by atoms with Crippen LogP contribution >= 0.6 is 0 Å². The van der Waals surface area contributed by atoms with Crippen LogP contribution in [0.5, 0.6) is 0 Å². The van der Waals surface area contributed by atoms with E-state index in [1.54, 1.807) is 0 Å². The topological polar surface area (TPSA) is 109 Å². The summed E-state index contributed by atoms with van der Waals surface area (Å²) in [5, 5.41) is 33.1. The summed E-state index contributed by atoms with van der Waals surface area (Å²) in [4.78, 5) is 15.1. The summed E-state index contributed by atoms with van der Waals surface area (Å²) in [6.45, 7) is 0.107. The van der Waals surface area contributed by atoms with Gasteiger partial charge in [-0.1, -0.05) is 68.2 Å². The lowest BCUT2D eigenvalue weighted by molar-refractivity contribution is -0.134. The molecular weight excluding hydrogens is 582 g/mol. The Labute approximate surface area is 272 Å². The Hall–Kier alpha value is -2.91. The van der Waals surface area contributed by atoms with Crippen molar-refractivity contribution in [2.75, 3.05) is 26.9 Å². The summed E-state index contributed by atoms with van der Waals surface area (Å²) in [6, 6.07) is 10.6. The molecule has 3 fully saturated rings. The molecule has 8 heteroatoms. The van der Waals surface area contributed by atoms with Gasteiger partial charge in [0.15, 0.2) is 11.5 Å². The van der Waals surface area contributed by atoms with Crippen molar-refractivity contribution in [1.29, 1.82) is 0 Å². The molecule has 0 amide bonds. The zero-order valence-electron chi connectivity index (χ0n) is 26.9. The van der Waals surface area contributed by atoms with Crippen molar-refractivity contribution in [2.45, 2.75) is 82.4 Å². The fraction of sp³-hybridized carbons (Fsp3) is 0.605. The molecule has 0 unspecified atom stereocenters. The van der Waals surface area contributed by atoms with E-state index in [1.807, 2.05) is 0 Å². The van der Waals surface area contributed by atoms with E-state index in [4.69, 9.17) is 14.2 Å². The van der Waals surface area contributed by atoms with Crippen molar-refractivity contribution in [2.24, 2.45) is 35.5 Å². The largest absolute Gasteiger partial charge is 0.492 e. The van der Waals surface area contributed by atoms with Gasteiger partial charge in [-0.3, -0.25) is 4.90 Å². The second kappa shape index (κ2) is 13.7. The second-order valence-electron chi connectivity index (χ2n) is 14.3. The van der Waals surface area contributed by atoms with Gasteiger partial charge in [0.25, 0.3) is 0 Å². The zero-order valence-corrected chi connectivity index (χ0v) is 26.9. The number of hydrogen-bond acceptors (Lipinski definition) is 8. The Balaban J connectivity index is 1.22. The molecule has 4 aliphatic heterocycles. The molecule has 4 heterocycles.